The highest BCUT2D eigenvalue weighted by Crippen LogP contribution is 2.56. The molecule has 15 nitrogen and oxygen atoms in total. The Hall–Kier alpha value is -2.96. The van der Waals surface area contributed by atoms with Crippen molar-refractivity contribution in [3.63, 3.8) is 0 Å². The van der Waals surface area contributed by atoms with E-state index in [-0.39, 0.29) is 29.8 Å². The van der Waals surface area contributed by atoms with Crippen LogP contribution in [0, 0.1) is 0 Å². The summed E-state index contributed by atoms with van der Waals surface area (Å²) in [4.78, 5) is 0. The second kappa shape index (κ2) is 11.9. The maximum absolute atomic E-state index is 10.7. The third kappa shape index (κ3) is 5.14. The van der Waals surface area contributed by atoms with Crippen LogP contribution in [0.3, 0.4) is 0 Å². The molecule has 15 heteroatoms. The zero-order valence-corrected chi connectivity index (χ0v) is 22.9. The van der Waals surface area contributed by atoms with Crippen molar-refractivity contribution in [3.05, 3.63) is 41.5 Å². The molecule has 2 aromatic rings. The van der Waals surface area contributed by atoms with Gasteiger partial charge in [0, 0.05) is 17.2 Å². The van der Waals surface area contributed by atoms with Crippen molar-refractivity contribution in [2.45, 2.75) is 73.4 Å². The minimum Gasteiger partial charge on any atom is -0.497 e. The number of aliphatic hydroxyl groups excluding tert-OH is 8. The Bertz CT molecular complexity index is 1300. The Labute approximate surface area is 244 Å². The van der Waals surface area contributed by atoms with Crippen molar-refractivity contribution in [3.8, 4) is 28.7 Å². The van der Waals surface area contributed by atoms with Gasteiger partial charge < -0.3 is 74.0 Å². The lowest BCUT2D eigenvalue weighted by molar-refractivity contribution is -0.282. The van der Waals surface area contributed by atoms with Crippen molar-refractivity contribution < 1.29 is 74.0 Å². The van der Waals surface area contributed by atoms with E-state index in [9.17, 15) is 40.9 Å². The fraction of sp³-hybridized carbons (Fsp3) is 0.571. The summed E-state index contributed by atoms with van der Waals surface area (Å²) >= 11 is 0. The Morgan fingerprint density at radius 3 is 1.95 bits per heavy atom. The average molecular weight is 611 g/mol. The van der Waals surface area contributed by atoms with Crippen molar-refractivity contribution in [2.24, 2.45) is 0 Å². The number of hydrogen-bond acceptors (Lipinski definition) is 15. The molecule has 2 saturated heterocycles. The van der Waals surface area contributed by atoms with Gasteiger partial charge in [-0.2, -0.15) is 0 Å². The van der Waals surface area contributed by atoms with Crippen molar-refractivity contribution in [1.29, 1.82) is 0 Å². The van der Waals surface area contributed by atoms with E-state index in [1.807, 2.05) is 12.1 Å². The van der Waals surface area contributed by atoms with Gasteiger partial charge in [-0.15, -0.1) is 0 Å². The zero-order chi connectivity index (χ0) is 30.6. The van der Waals surface area contributed by atoms with E-state index >= 15 is 0 Å². The topological polar surface area (TPSA) is 226 Å². The smallest absolute Gasteiger partial charge is 0.229 e. The van der Waals surface area contributed by atoms with Crippen molar-refractivity contribution in [2.75, 3.05) is 26.9 Å². The van der Waals surface area contributed by atoms with Gasteiger partial charge >= 0.3 is 0 Å². The number of ether oxygens (including phenoxy) is 7. The standard InChI is InChI=1S/C28H34O15/c1-37-10-2-3-11-13-9-38-25-12(24(13)39-15(11)6-10)4-5-14(40-27-22(35)20(33)18(31)16(7-29)41-27)26(25)43-28-23(36)21(34)19(32)17(8-30)42-28/h2-6,13,16-24,27-36H,7-9H2,1H3/t13-,16+,17+,18-,19-,20-,21-,22+,23+,24-,27+,28-/m0/s1. The molecule has 4 heterocycles. The van der Waals surface area contributed by atoms with Gasteiger partial charge in [-0.3, -0.25) is 0 Å². The lowest BCUT2D eigenvalue weighted by Gasteiger charge is -2.41. The lowest BCUT2D eigenvalue weighted by Crippen LogP contribution is -2.60. The average Bonchev–Trinajstić information content (AvgIpc) is 3.40. The third-order valence-corrected chi connectivity index (χ3v) is 8.23. The summed E-state index contributed by atoms with van der Waals surface area (Å²) in [5.74, 6) is 0.813. The SMILES string of the molecule is COc1ccc2c(c1)O[C@H]1c3ccc(O[C@@H]4O[C@H](CO)[C@H](O)[C@H](O)[C@H]4O)c(O[C@@H]4O[C@H](CO)[C@H](O)[C@H](O)[C@H]4O)c3OC[C@@H]21. The molecule has 8 N–H and O–H groups in total. The summed E-state index contributed by atoms with van der Waals surface area (Å²) in [5, 5.41) is 81.5. The molecule has 236 valence electrons. The molecule has 0 saturated carbocycles. The highest BCUT2D eigenvalue weighted by molar-refractivity contribution is 5.60. The number of hydrogen-bond donors (Lipinski definition) is 8. The fourth-order valence-electron chi connectivity index (χ4n) is 5.77. The predicted molar refractivity (Wildman–Crippen MR) is 140 cm³/mol. The van der Waals surface area contributed by atoms with Gasteiger partial charge in [-0.1, -0.05) is 6.07 Å². The minimum absolute atomic E-state index is 0.111. The van der Waals surface area contributed by atoms with Crippen LogP contribution >= 0.6 is 0 Å². The van der Waals surface area contributed by atoms with Crippen molar-refractivity contribution >= 4 is 0 Å². The molecule has 2 fully saturated rings. The maximum atomic E-state index is 10.7. The molecule has 4 aliphatic heterocycles. The first-order valence-electron chi connectivity index (χ1n) is 13.7. The molecule has 0 spiro atoms. The second-order valence-corrected chi connectivity index (χ2v) is 10.8. The highest BCUT2D eigenvalue weighted by Gasteiger charge is 2.49. The van der Waals surface area contributed by atoms with E-state index in [1.165, 1.54) is 6.07 Å². The molecule has 0 aliphatic carbocycles. The first-order valence-corrected chi connectivity index (χ1v) is 13.7. The summed E-state index contributed by atoms with van der Waals surface area (Å²) in [6, 6.07) is 8.53. The first-order chi connectivity index (χ1) is 20.7. The number of rotatable bonds is 7. The predicted octanol–water partition coefficient (Wildman–Crippen LogP) is -2.34. The lowest BCUT2D eigenvalue weighted by atomic mass is 9.89. The third-order valence-electron chi connectivity index (χ3n) is 8.23. The van der Waals surface area contributed by atoms with Crippen molar-refractivity contribution in [1.82, 2.24) is 0 Å². The largest absolute Gasteiger partial charge is 0.497 e. The molecule has 6 rings (SSSR count). The van der Waals surface area contributed by atoms with Crippen LogP contribution in [0.2, 0.25) is 0 Å². The Kier molecular flexibility index (Phi) is 8.29. The van der Waals surface area contributed by atoms with Gasteiger partial charge in [0.15, 0.2) is 11.5 Å². The van der Waals surface area contributed by atoms with E-state index in [0.29, 0.717) is 17.1 Å². The summed E-state index contributed by atoms with van der Waals surface area (Å²) in [6.45, 7) is -1.24. The van der Waals surface area contributed by atoms with E-state index in [2.05, 4.69) is 0 Å². The molecule has 0 aromatic heterocycles. The van der Waals surface area contributed by atoms with Crippen LogP contribution < -0.4 is 23.7 Å². The quantitative estimate of drug-likeness (QED) is 0.164. The normalized spacial score (nSPS) is 38.2. The van der Waals surface area contributed by atoms with Gasteiger partial charge in [0.05, 0.1) is 32.8 Å². The molecule has 0 radical (unpaired) electrons. The molecule has 0 bridgehead atoms. The molecule has 4 aliphatic rings. The highest BCUT2D eigenvalue weighted by atomic mass is 16.7. The summed E-state index contributed by atoms with van der Waals surface area (Å²) < 4.78 is 40.7. The van der Waals surface area contributed by atoms with Crippen LogP contribution in [-0.2, 0) is 9.47 Å². The molecule has 0 amide bonds. The molecule has 2 aromatic carbocycles. The number of benzene rings is 2. The van der Waals surface area contributed by atoms with Gasteiger partial charge in [0.25, 0.3) is 0 Å². The second-order valence-electron chi connectivity index (χ2n) is 10.8. The molecule has 43 heavy (non-hydrogen) atoms. The van der Waals surface area contributed by atoms with E-state index in [1.54, 1.807) is 19.2 Å². The van der Waals surface area contributed by atoms with Crippen LogP contribution in [-0.4, -0.2) is 129 Å². The molecular weight excluding hydrogens is 576 g/mol. The van der Waals surface area contributed by atoms with Crippen LogP contribution in [0.4, 0.5) is 0 Å². The summed E-state index contributed by atoms with van der Waals surface area (Å²) in [7, 11) is 1.54. The number of fused-ring (bicyclic) bond motifs is 5. The maximum Gasteiger partial charge on any atom is 0.229 e. The fourth-order valence-corrected chi connectivity index (χ4v) is 5.77. The first kappa shape index (κ1) is 30.1. The summed E-state index contributed by atoms with van der Waals surface area (Å²) in [5.41, 5.74) is 1.42. The summed E-state index contributed by atoms with van der Waals surface area (Å²) in [6.07, 6.45) is -16.5. The van der Waals surface area contributed by atoms with Gasteiger partial charge in [-0.05, 0) is 18.2 Å². The Balaban J connectivity index is 1.37. The monoisotopic (exact) mass is 610 g/mol. The van der Waals surface area contributed by atoms with Gasteiger partial charge in [0.1, 0.15) is 66.4 Å². The van der Waals surface area contributed by atoms with Crippen LogP contribution in [0.5, 0.6) is 28.7 Å². The molecule has 0 unspecified atom stereocenters. The zero-order valence-electron chi connectivity index (χ0n) is 22.9. The van der Waals surface area contributed by atoms with E-state index < -0.39 is 80.7 Å². The van der Waals surface area contributed by atoms with Gasteiger partial charge in [-0.25, -0.2) is 0 Å². The Morgan fingerprint density at radius 1 is 0.744 bits per heavy atom. The van der Waals surface area contributed by atoms with Crippen LogP contribution in [0.15, 0.2) is 30.3 Å². The molecule has 12 atom stereocenters. The van der Waals surface area contributed by atoms with Gasteiger partial charge in [0.2, 0.25) is 18.3 Å². The Morgan fingerprint density at radius 2 is 1.35 bits per heavy atom. The van der Waals surface area contributed by atoms with Crippen LogP contribution in [0.25, 0.3) is 0 Å². The minimum atomic E-state index is -1.77. The number of methoxy groups -OCH3 is 1. The molecular formula is C28H34O15. The van der Waals surface area contributed by atoms with E-state index in [4.69, 9.17) is 33.2 Å². The van der Waals surface area contributed by atoms with E-state index in [0.717, 1.165) is 5.56 Å². The number of aliphatic hydroxyl groups is 8. The van der Waals surface area contributed by atoms with Crippen LogP contribution in [0.1, 0.15) is 23.1 Å².